The predicted molar refractivity (Wildman–Crippen MR) is 94.3 cm³/mol. The van der Waals surface area contributed by atoms with Gasteiger partial charge >= 0.3 is 11.9 Å². The van der Waals surface area contributed by atoms with Gasteiger partial charge in [-0.1, -0.05) is 0 Å². The predicted octanol–water partition coefficient (Wildman–Crippen LogP) is 1.56. The average molecular weight is 396 g/mol. The van der Waals surface area contributed by atoms with Gasteiger partial charge in [0.1, 0.15) is 0 Å². The maximum atomic E-state index is 10.3. The number of aliphatic hydroxyl groups excluding tert-OH is 2. The highest BCUT2D eigenvalue weighted by Crippen LogP contribution is 2.12. The number of carboxylic acids is 2. The molecule has 2 aromatic carbocycles. The lowest BCUT2D eigenvalue weighted by Crippen LogP contribution is -1.96. The normalized spacial score (nSPS) is 9.07. The zero-order valence-corrected chi connectivity index (χ0v) is 14.2. The number of benzene rings is 2. The summed E-state index contributed by atoms with van der Waals surface area (Å²) in [6.07, 6.45) is 0. The fraction of sp³-hybridized carbons (Fsp3) is 0.125. The Bertz CT molecular complexity index is 668. The van der Waals surface area contributed by atoms with E-state index in [0.29, 0.717) is 0 Å². The molecule has 0 aromatic heterocycles. The molecule has 0 amide bonds. The van der Waals surface area contributed by atoms with Crippen LogP contribution in [0.1, 0.15) is 20.7 Å². The number of aromatic carboxylic acids is 2. The number of nitro benzene ring substituents is 2. The Morgan fingerprint density at radius 3 is 1.07 bits per heavy atom. The molecule has 150 valence electrons. The lowest BCUT2D eigenvalue weighted by atomic mass is 10.2. The molecule has 0 radical (unpaired) electrons. The van der Waals surface area contributed by atoms with Gasteiger partial charge in [0.2, 0.25) is 0 Å². The number of nitrogens with zero attached hydrogens (tertiary/aromatic N) is 2. The van der Waals surface area contributed by atoms with Gasteiger partial charge in [0.15, 0.2) is 0 Å². The van der Waals surface area contributed by atoms with E-state index in [1.54, 1.807) is 0 Å². The Hall–Kier alpha value is -3.90. The molecule has 28 heavy (non-hydrogen) atoms. The quantitative estimate of drug-likeness (QED) is 0.424. The standard InChI is InChI=1S/2C7H5NO4.C2H6O2/c2*9-7(10)5-1-3-6(4-2-5)8(11)12;3-1-2-4/h2*1-4H,(H,9,10);3-4H,1-2H2. The minimum absolute atomic E-state index is 0.0422. The minimum atomic E-state index is -1.09. The monoisotopic (exact) mass is 396 g/mol. The summed E-state index contributed by atoms with van der Waals surface area (Å²) in [7, 11) is 0. The van der Waals surface area contributed by atoms with Gasteiger partial charge in [-0.25, -0.2) is 9.59 Å². The van der Waals surface area contributed by atoms with Crippen LogP contribution in [0.25, 0.3) is 0 Å². The molecular formula is C16H16N2O10. The molecule has 0 bridgehead atoms. The zero-order valence-electron chi connectivity index (χ0n) is 14.2. The highest BCUT2D eigenvalue weighted by molar-refractivity contribution is 5.88. The van der Waals surface area contributed by atoms with Crippen LogP contribution in [0.2, 0.25) is 0 Å². The molecule has 0 saturated carbocycles. The smallest absolute Gasteiger partial charge is 0.335 e. The summed E-state index contributed by atoms with van der Waals surface area (Å²) in [6.45, 7) is -0.250. The maximum absolute atomic E-state index is 10.3. The van der Waals surface area contributed by atoms with Crippen molar-refractivity contribution in [3.05, 3.63) is 79.9 Å². The van der Waals surface area contributed by atoms with Crippen molar-refractivity contribution in [2.24, 2.45) is 0 Å². The third kappa shape index (κ3) is 8.98. The fourth-order valence-electron chi connectivity index (χ4n) is 1.45. The third-order valence-corrected chi connectivity index (χ3v) is 2.75. The summed E-state index contributed by atoms with van der Waals surface area (Å²) in [5.74, 6) is -2.19. The Morgan fingerprint density at radius 1 is 0.679 bits per heavy atom. The Labute approximate surface area is 157 Å². The number of non-ortho nitro benzene ring substituents is 2. The van der Waals surface area contributed by atoms with Gasteiger partial charge in [0, 0.05) is 24.3 Å². The fourth-order valence-corrected chi connectivity index (χ4v) is 1.45. The van der Waals surface area contributed by atoms with E-state index < -0.39 is 21.8 Å². The van der Waals surface area contributed by atoms with Gasteiger partial charge in [0.05, 0.1) is 34.2 Å². The van der Waals surface area contributed by atoms with Gasteiger partial charge in [-0.15, -0.1) is 0 Å². The van der Waals surface area contributed by atoms with Crippen molar-refractivity contribution in [1.82, 2.24) is 0 Å². The van der Waals surface area contributed by atoms with Crippen LogP contribution in [-0.2, 0) is 0 Å². The topological polar surface area (TPSA) is 201 Å². The first kappa shape index (κ1) is 24.1. The molecule has 0 heterocycles. The first-order chi connectivity index (χ1) is 13.1. The highest BCUT2D eigenvalue weighted by atomic mass is 16.6. The van der Waals surface area contributed by atoms with Gasteiger partial charge < -0.3 is 20.4 Å². The van der Waals surface area contributed by atoms with Crippen molar-refractivity contribution in [2.45, 2.75) is 0 Å². The molecule has 0 saturated heterocycles. The van der Waals surface area contributed by atoms with E-state index in [-0.39, 0.29) is 35.7 Å². The molecule has 12 nitrogen and oxygen atoms in total. The van der Waals surface area contributed by atoms with Crippen LogP contribution < -0.4 is 0 Å². The first-order valence-corrected chi connectivity index (χ1v) is 7.31. The third-order valence-electron chi connectivity index (χ3n) is 2.75. The van der Waals surface area contributed by atoms with E-state index in [1.807, 2.05) is 0 Å². The molecule has 0 aliphatic heterocycles. The van der Waals surface area contributed by atoms with E-state index in [2.05, 4.69) is 0 Å². The summed E-state index contributed by atoms with van der Waals surface area (Å²) < 4.78 is 0. The number of aliphatic hydroxyl groups is 2. The molecule has 0 atom stereocenters. The molecule has 2 aromatic rings. The molecule has 0 unspecified atom stereocenters. The number of rotatable bonds is 5. The van der Waals surface area contributed by atoms with Crippen molar-refractivity contribution in [3.63, 3.8) is 0 Å². The maximum Gasteiger partial charge on any atom is 0.335 e. The van der Waals surface area contributed by atoms with Crippen molar-refractivity contribution >= 4 is 23.3 Å². The van der Waals surface area contributed by atoms with E-state index in [4.69, 9.17) is 20.4 Å². The van der Waals surface area contributed by atoms with Gasteiger partial charge in [-0.3, -0.25) is 20.2 Å². The SMILES string of the molecule is O=C(O)c1ccc([N+](=O)[O-])cc1.O=C(O)c1ccc([N+](=O)[O-])cc1.OCCO. The number of carboxylic acid groups (broad SMARTS) is 2. The molecule has 4 N–H and O–H groups in total. The van der Waals surface area contributed by atoms with Crippen LogP contribution in [0.15, 0.2) is 48.5 Å². The highest BCUT2D eigenvalue weighted by Gasteiger charge is 2.07. The molecule has 0 aliphatic carbocycles. The van der Waals surface area contributed by atoms with Crippen molar-refractivity contribution in [3.8, 4) is 0 Å². The van der Waals surface area contributed by atoms with E-state index in [9.17, 15) is 29.8 Å². The Kier molecular flexibility index (Phi) is 10.7. The second kappa shape index (κ2) is 12.5. The lowest BCUT2D eigenvalue weighted by molar-refractivity contribution is -0.385. The molecule has 12 heteroatoms. The largest absolute Gasteiger partial charge is 0.478 e. The number of nitro groups is 2. The van der Waals surface area contributed by atoms with E-state index >= 15 is 0 Å². The second-order valence-corrected chi connectivity index (χ2v) is 4.67. The number of hydrogen-bond donors (Lipinski definition) is 4. The first-order valence-electron chi connectivity index (χ1n) is 7.31. The number of hydrogen-bond acceptors (Lipinski definition) is 8. The summed E-state index contributed by atoms with van der Waals surface area (Å²) in [4.78, 5) is 39.7. The van der Waals surface area contributed by atoms with Crippen LogP contribution in [0, 0.1) is 20.2 Å². The molecule has 0 spiro atoms. The zero-order chi connectivity index (χ0) is 21.7. The summed E-state index contributed by atoms with van der Waals surface area (Å²) >= 11 is 0. The van der Waals surface area contributed by atoms with Gasteiger partial charge in [-0.2, -0.15) is 0 Å². The van der Waals surface area contributed by atoms with Crippen LogP contribution in [0.3, 0.4) is 0 Å². The van der Waals surface area contributed by atoms with Gasteiger partial charge in [0.25, 0.3) is 11.4 Å². The van der Waals surface area contributed by atoms with Crippen LogP contribution in [0.4, 0.5) is 11.4 Å². The molecule has 2 rings (SSSR count). The van der Waals surface area contributed by atoms with Crippen LogP contribution >= 0.6 is 0 Å². The van der Waals surface area contributed by atoms with Crippen molar-refractivity contribution < 1.29 is 39.9 Å². The molecule has 0 fully saturated rings. The second-order valence-electron chi connectivity index (χ2n) is 4.67. The summed E-state index contributed by atoms with van der Waals surface area (Å²) in [5, 5.41) is 52.4. The van der Waals surface area contributed by atoms with Crippen molar-refractivity contribution in [1.29, 1.82) is 0 Å². The molecular weight excluding hydrogens is 380 g/mol. The Balaban J connectivity index is 0.000000439. The van der Waals surface area contributed by atoms with E-state index in [1.165, 1.54) is 24.3 Å². The van der Waals surface area contributed by atoms with Crippen LogP contribution in [0.5, 0.6) is 0 Å². The minimum Gasteiger partial charge on any atom is -0.478 e. The van der Waals surface area contributed by atoms with Crippen molar-refractivity contribution in [2.75, 3.05) is 13.2 Å². The Morgan fingerprint density at radius 2 is 0.929 bits per heavy atom. The van der Waals surface area contributed by atoms with Crippen LogP contribution in [-0.4, -0.2) is 55.4 Å². The van der Waals surface area contributed by atoms with Gasteiger partial charge in [-0.05, 0) is 24.3 Å². The number of carbonyl (C=O) groups is 2. The summed E-state index contributed by atoms with van der Waals surface area (Å²) in [6, 6.07) is 9.40. The van der Waals surface area contributed by atoms with E-state index in [0.717, 1.165) is 24.3 Å². The molecule has 0 aliphatic rings. The lowest BCUT2D eigenvalue weighted by Gasteiger charge is -1.92. The summed E-state index contributed by atoms with van der Waals surface area (Å²) in [5.41, 5.74) is -0.138. The average Bonchev–Trinajstić information content (AvgIpc) is 2.68.